The minimum Gasteiger partial charge on any atom is -0.439 e. The summed E-state index contributed by atoms with van der Waals surface area (Å²) in [6.45, 7) is 2.75. The van der Waals surface area contributed by atoms with E-state index >= 15 is 0 Å². The lowest BCUT2D eigenvalue weighted by molar-refractivity contribution is 0.463. The number of rotatable bonds is 5. The molecule has 0 bridgehead atoms. The summed E-state index contributed by atoms with van der Waals surface area (Å²) < 4.78 is 5.67. The van der Waals surface area contributed by atoms with Gasteiger partial charge in [0.15, 0.2) is 5.11 Å². The van der Waals surface area contributed by atoms with Crippen molar-refractivity contribution in [3.05, 3.63) is 84.1 Å². The molecule has 3 rings (SSSR count). The van der Waals surface area contributed by atoms with Crippen molar-refractivity contribution in [1.82, 2.24) is 10.3 Å². The van der Waals surface area contributed by atoms with Crippen LogP contribution in [0.5, 0.6) is 11.6 Å². The van der Waals surface area contributed by atoms with Gasteiger partial charge in [0.2, 0.25) is 5.88 Å². The topological polar surface area (TPSA) is 46.2 Å². The molecule has 1 heterocycles. The second-order valence-corrected chi connectivity index (χ2v) is 6.00. The Bertz CT molecular complexity index is 818. The molecule has 0 aliphatic rings. The van der Waals surface area contributed by atoms with E-state index in [0.717, 1.165) is 11.4 Å². The molecule has 4 nitrogen and oxygen atoms in total. The maximum absolute atomic E-state index is 5.67. The third-order valence-corrected chi connectivity index (χ3v) is 3.78. The van der Waals surface area contributed by atoms with Gasteiger partial charge in [0.05, 0.1) is 11.9 Å². The smallest absolute Gasteiger partial charge is 0.219 e. The predicted molar refractivity (Wildman–Crippen MR) is 105 cm³/mol. The molecule has 0 spiro atoms. The van der Waals surface area contributed by atoms with E-state index in [2.05, 4.69) is 46.8 Å². The molecule has 0 saturated heterocycles. The van der Waals surface area contributed by atoms with Crippen molar-refractivity contribution < 1.29 is 4.74 Å². The molecular formula is C20H19N3OS. The average molecular weight is 349 g/mol. The molecular weight excluding hydrogens is 330 g/mol. The first kappa shape index (κ1) is 16.9. The van der Waals surface area contributed by atoms with E-state index in [0.29, 0.717) is 17.5 Å². The quantitative estimate of drug-likeness (QED) is 0.656. The van der Waals surface area contributed by atoms with Gasteiger partial charge in [-0.2, -0.15) is 0 Å². The van der Waals surface area contributed by atoms with Gasteiger partial charge in [-0.3, -0.25) is 0 Å². The number of aromatic nitrogens is 1. The molecule has 3 aromatic rings. The summed E-state index contributed by atoms with van der Waals surface area (Å²) in [6.07, 6.45) is 1.69. The zero-order valence-electron chi connectivity index (χ0n) is 13.9. The summed E-state index contributed by atoms with van der Waals surface area (Å²) in [5.74, 6) is 1.29. The van der Waals surface area contributed by atoms with Crippen LogP contribution in [0.2, 0.25) is 0 Å². The molecule has 126 valence electrons. The highest BCUT2D eigenvalue weighted by Gasteiger charge is 2.01. The number of anilines is 1. The number of nitrogens with one attached hydrogen (secondary N) is 2. The van der Waals surface area contributed by atoms with Crippen LogP contribution in [0.1, 0.15) is 11.1 Å². The first-order valence-corrected chi connectivity index (χ1v) is 8.39. The van der Waals surface area contributed by atoms with E-state index in [1.807, 2.05) is 36.4 Å². The van der Waals surface area contributed by atoms with Gasteiger partial charge < -0.3 is 15.4 Å². The maximum atomic E-state index is 5.67. The summed E-state index contributed by atoms with van der Waals surface area (Å²) in [6, 6.07) is 21.6. The van der Waals surface area contributed by atoms with Crippen molar-refractivity contribution in [3.63, 3.8) is 0 Å². The molecule has 0 saturated carbocycles. The van der Waals surface area contributed by atoms with Gasteiger partial charge in [0, 0.05) is 12.6 Å². The number of nitrogens with zero attached hydrogens (tertiary/aromatic N) is 1. The Morgan fingerprint density at radius 3 is 2.44 bits per heavy atom. The van der Waals surface area contributed by atoms with Gasteiger partial charge in [-0.25, -0.2) is 4.98 Å². The van der Waals surface area contributed by atoms with Gasteiger partial charge in [-0.05, 0) is 42.9 Å². The Hall–Kier alpha value is -2.92. The highest BCUT2D eigenvalue weighted by molar-refractivity contribution is 7.80. The van der Waals surface area contributed by atoms with Gasteiger partial charge >= 0.3 is 0 Å². The Morgan fingerprint density at radius 1 is 1.00 bits per heavy atom. The van der Waals surface area contributed by atoms with E-state index < -0.39 is 0 Å². The summed E-state index contributed by atoms with van der Waals surface area (Å²) in [4.78, 5) is 4.28. The van der Waals surface area contributed by atoms with Crippen LogP contribution >= 0.6 is 12.2 Å². The van der Waals surface area contributed by atoms with Gasteiger partial charge in [-0.15, -0.1) is 0 Å². The van der Waals surface area contributed by atoms with Crippen molar-refractivity contribution in [2.75, 3.05) is 5.32 Å². The van der Waals surface area contributed by atoms with E-state index in [1.165, 1.54) is 11.1 Å². The van der Waals surface area contributed by atoms with Crippen molar-refractivity contribution in [1.29, 1.82) is 0 Å². The highest BCUT2D eigenvalue weighted by atomic mass is 32.1. The fourth-order valence-electron chi connectivity index (χ4n) is 2.19. The van der Waals surface area contributed by atoms with Gasteiger partial charge in [0.25, 0.3) is 0 Å². The molecule has 0 atom stereocenters. The van der Waals surface area contributed by atoms with E-state index in [-0.39, 0.29) is 0 Å². The zero-order valence-corrected chi connectivity index (χ0v) is 14.7. The molecule has 0 aliphatic heterocycles. The highest BCUT2D eigenvalue weighted by Crippen LogP contribution is 2.19. The number of pyridine rings is 1. The normalized spacial score (nSPS) is 10.1. The number of ether oxygens (including phenoxy) is 1. The van der Waals surface area contributed by atoms with Crippen molar-refractivity contribution in [2.24, 2.45) is 0 Å². The van der Waals surface area contributed by atoms with Crippen LogP contribution < -0.4 is 15.4 Å². The molecule has 0 radical (unpaired) electrons. The molecule has 0 fully saturated rings. The summed E-state index contributed by atoms with van der Waals surface area (Å²) >= 11 is 5.32. The Labute approximate surface area is 152 Å². The molecule has 0 aliphatic carbocycles. The third kappa shape index (κ3) is 5.29. The molecule has 1 aromatic heterocycles. The lowest BCUT2D eigenvalue weighted by Crippen LogP contribution is -2.27. The zero-order chi connectivity index (χ0) is 17.5. The lowest BCUT2D eigenvalue weighted by atomic mass is 10.1. The van der Waals surface area contributed by atoms with Crippen molar-refractivity contribution in [3.8, 4) is 11.6 Å². The minimum atomic E-state index is 0.537. The minimum absolute atomic E-state index is 0.537. The molecule has 5 heteroatoms. The fourth-order valence-corrected chi connectivity index (χ4v) is 2.38. The monoisotopic (exact) mass is 349 g/mol. The molecule has 25 heavy (non-hydrogen) atoms. The van der Waals surface area contributed by atoms with Crippen LogP contribution in [-0.2, 0) is 6.54 Å². The SMILES string of the molecule is Cc1ccc(CNC(=S)Nc2ccc(Oc3ccccc3)nc2)cc1. The second kappa shape index (κ2) is 8.26. The Morgan fingerprint density at radius 2 is 1.76 bits per heavy atom. The van der Waals surface area contributed by atoms with Crippen LogP contribution in [0, 0.1) is 6.92 Å². The number of hydrogen-bond donors (Lipinski definition) is 2. The molecule has 0 amide bonds. The van der Waals surface area contributed by atoms with Gasteiger partial charge in [-0.1, -0.05) is 48.0 Å². The van der Waals surface area contributed by atoms with E-state index in [1.54, 1.807) is 12.3 Å². The number of thiocarbonyl (C=S) groups is 1. The van der Waals surface area contributed by atoms with Crippen molar-refractivity contribution >= 4 is 23.0 Å². The molecule has 2 N–H and O–H groups in total. The fraction of sp³-hybridized carbons (Fsp3) is 0.100. The largest absolute Gasteiger partial charge is 0.439 e. The second-order valence-electron chi connectivity index (χ2n) is 5.59. The van der Waals surface area contributed by atoms with Crippen molar-refractivity contribution in [2.45, 2.75) is 13.5 Å². The van der Waals surface area contributed by atoms with E-state index in [4.69, 9.17) is 17.0 Å². The number of para-hydroxylation sites is 1. The maximum Gasteiger partial charge on any atom is 0.219 e. The summed E-state index contributed by atoms with van der Waals surface area (Å²) in [7, 11) is 0. The van der Waals surface area contributed by atoms with Gasteiger partial charge in [0.1, 0.15) is 5.75 Å². The number of hydrogen-bond acceptors (Lipinski definition) is 3. The van der Waals surface area contributed by atoms with E-state index in [9.17, 15) is 0 Å². The predicted octanol–water partition coefficient (Wildman–Crippen LogP) is 4.67. The van der Waals surface area contributed by atoms with Crippen LogP contribution in [0.15, 0.2) is 72.9 Å². The number of benzene rings is 2. The number of aryl methyl sites for hydroxylation is 1. The summed E-state index contributed by atoms with van der Waals surface area (Å²) in [5, 5.41) is 6.85. The molecule has 2 aromatic carbocycles. The summed E-state index contributed by atoms with van der Waals surface area (Å²) in [5.41, 5.74) is 3.23. The van der Waals surface area contributed by atoms with Crippen LogP contribution in [0.3, 0.4) is 0 Å². The average Bonchev–Trinajstić information content (AvgIpc) is 2.64. The van der Waals surface area contributed by atoms with Crippen LogP contribution in [-0.4, -0.2) is 10.1 Å². The Balaban J connectivity index is 1.50. The first-order valence-electron chi connectivity index (χ1n) is 7.98. The van der Waals surface area contributed by atoms with Crippen LogP contribution in [0.4, 0.5) is 5.69 Å². The Kier molecular flexibility index (Phi) is 5.59. The van der Waals surface area contributed by atoms with Crippen LogP contribution in [0.25, 0.3) is 0 Å². The first-order chi connectivity index (χ1) is 12.2. The lowest BCUT2D eigenvalue weighted by Gasteiger charge is -2.11. The third-order valence-electron chi connectivity index (χ3n) is 3.53. The standard InChI is InChI=1S/C20H19N3OS/c1-15-7-9-16(10-8-15)13-22-20(25)23-17-11-12-19(21-14-17)24-18-5-3-2-4-6-18/h2-12,14H,13H2,1H3,(H2,22,23,25). The molecule has 0 unspecified atom stereocenters.